The molecule has 0 unspecified atom stereocenters. The lowest BCUT2D eigenvalue weighted by Gasteiger charge is -2.22. The third-order valence-electron chi connectivity index (χ3n) is 3.01. The van der Waals surface area contributed by atoms with Crippen LogP contribution in [-0.4, -0.2) is 45.0 Å². The van der Waals surface area contributed by atoms with E-state index in [1.54, 1.807) is 25.3 Å². The number of hydrogen-bond acceptors (Lipinski definition) is 8. The maximum absolute atomic E-state index is 11.2. The SMILES string of the molecule is C=CCN1C/C=C/C=C(c2noc(C)n2)\C=C\N=C1SCC(=O)N=O. The van der Waals surface area contributed by atoms with Gasteiger partial charge in [-0.2, -0.15) is 4.98 Å². The summed E-state index contributed by atoms with van der Waals surface area (Å²) in [6.45, 7) is 6.55. The Labute approximate surface area is 149 Å². The lowest BCUT2D eigenvalue weighted by molar-refractivity contribution is -0.115. The van der Waals surface area contributed by atoms with E-state index in [4.69, 9.17) is 4.52 Å². The topological polar surface area (TPSA) is 101 Å². The maximum Gasteiger partial charge on any atom is 0.296 e. The Morgan fingerprint density at radius 2 is 2.40 bits per heavy atom. The number of carbonyl (C=O) groups is 1. The Morgan fingerprint density at radius 1 is 1.56 bits per heavy atom. The van der Waals surface area contributed by atoms with Gasteiger partial charge in [-0.3, -0.25) is 4.79 Å². The van der Waals surface area contributed by atoms with Crippen LogP contribution in [0.5, 0.6) is 0 Å². The summed E-state index contributed by atoms with van der Waals surface area (Å²) in [5.74, 6) is 0.139. The van der Waals surface area contributed by atoms with Gasteiger partial charge >= 0.3 is 0 Å². The fraction of sp³-hybridized carbons (Fsp3) is 0.250. The molecule has 130 valence electrons. The van der Waals surface area contributed by atoms with Gasteiger partial charge in [-0.1, -0.05) is 41.2 Å². The van der Waals surface area contributed by atoms with Crippen molar-refractivity contribution in [3.63, 3.8) is 0 Å². The number of nitroso groups, excluding NO2 is 1. The second-order valence-corrected chi connectivity index (χ2v) is 5.82. The van der Waals surface area contributed by atoms with Crippen LogP contribution in [0.2, 0.25) is 0 Å². The first-order valence-corrected chi connectivity index (χ1v) is 8.39. The zero-order valence-electron chi connectivity index (χ0n) is 13.7. The van der Waals surface area contributed by atoms with Crippen molar-refractivity contribution in [3.8, 4) is 0 Å². The molecule has 0 aromatic carbocycles. The molecule has 0 bridgehead atoms. The number of amidine groups is 1. The fourth-order valence-corrected chi connectivity index (χ4v) is 2.68. The largest absolute Gasteiger partial charge is 0.344 e. The Hall–Kier alpha value is -2.81. The van der Waals surface area contributed by atoms with Crippen molar-refractivity contribution < 1.29 is 9.32 Å². The van der Waals surface area contributed by atoms with Crippen LogP contribution in [0.1, 0.15) is 11.7 Å². The summed E-state index contributed by atoms with van der Waals surface area (Å²) in [6.07, 6.45) is 10.8. The predicted molar refractivity (Wildman–Crippen MR) is 97.8 cm³/mol. The van der Waals surface area contributed by atoms with Crippen LogP contribution in [0.25, 0.3) is 5.57 Å². The molecule has 9 heteroatoms. The summed E-state index contributed by atoms with van der Waals surface area (Å²) in [7, 11) is 0. The normalized spacial score (nSPS) is 19.3. The van der Waals surface area contributed by atoms with Gasteiger partial charge in [0.15, 0.2) is 5.17 Å². The zero-order valence-corrected chi connectivity index (χ0v) is 14.5. The van der Waals surface area contributed by atoms with Gasteiger partial charge in [-0.05, 0) is 6.08 Å². The lowest BCUT2D eigenvalue weighted by atomic mass is 10.2. The van der Waals surface area contributed by atoms with Gasteiger partial charge in [0.2, 0.25) is 11.7 Å². The molecule has 0 spiro atoms. The molecule has 0 atom stereocenters. The van der Waals surface area contributed by atoms with Crippen molar-refractivity contribution in [2.24, 2.45) is 10.2 Å². The maximum atomic E-state index is 11.2. The van der Waals surface area contributed by atoms with Crippen molar-refractivity contribution in [2.75, 3.05) is 18.8 Å². The van der Waals surface area contributed by atoms with E-state index in [1.165, 1.54) is 0 Å². The first-order chi connectivity index (χ1) is 12.1. The summed E-state index contributed by atoms with van der Waals surface area (Å²) >= 11 is 1.15. The summed E-state index contributed by atoms with van der Waals surface area (Å²) in [5.41, 5.74) is 0.740. The van der Waals surface area contributed by atoms with E-state index < -0.39 is 5.91 Å². The van der Waals surface area contributed by atoms with Gasteiger partial charge in [-0.15, -0.1) is 11.5 Å². The van der Waals surface area contributed by atoms with Gasteiger partial charge in [0.05, 0.1) is 5.75 Å². The molecule has 0 saturated carbocycles. The Kier molecular flexibility index (Phi) is 7.02. The van der Waals surface area contributed by atoms with Crippen molar-refractivity contribution in [1.82, 2.24) is 15.0 Å². The molecule has 25 heavy (non-hydrogen) atoms. The van der Waals surface area contributed by atoms with E-state index in [1.807, 2.05) is 23.1 Å². The van der Waals surface area contributed by atoms with Gasteiger partial charge < -0.3 is 9.42 Å². The fourth-order valence-electron chi connectivity index (χ4n) is 1.91. The summed E-state index contributed by atoms with van der Waals surface area (Å²) in [4.78, 5) is 32.0. The average Bonchev–Trinajstić information content (AvgIpc) is 3.05. The van der Waals surface area contributed by atoms with Crippen molar-refractivity contribution in [2.45, 2.75) is 6.92 Å². The molecule has 1 amide bonds. The number of aryl methyl sites for hydroxylation is 1. The molecule has 2 heterocycles. The number of allylic oxidation sites excluding steroid dienone is 4. The van der Waals surface area contributed by atoms with Gasteiger partial charge in [0, 0.05) is 37.0 Å². The van der Waals surface area contributed by atoms with Crippen molar-refractivity contribution in [1.29, 1.82) is 0 Å². The lowest BCUT2D eigenvalue weighted by Crippen LogP contribution is -2.30. The number of rotatable bonds is 5. The third kappa shape index (κ3) is 5.64. The minimum atomic E-state index is -0.731. The van der Waals surface area contributed by atoms with Crippen LogP contribution in [0.15, 0.2) is 57.9 Å². The summed E-state index contributed by atoms with van der Waals surface area (Å²) < 4.78 is 5.00. The predicted octanol–water partition coefficient (Wildman–Crippen LogP) is 2.72. The van der Waals surface area contributed by atoms with Crippen LogP contribution in [0.4, 0.5) is 0 Å². The van der Waals surface area contributed by atoms with Crippen molar-refractivity contribution in [3.05, 3.63) is 59.8 Å². The van der Waals surface area contributed by atoms with Gasteiger partial charge in [-0.25, -0.2) is 4.99 Å². The third-order valence-corrected chi connectivity index (χ3v) is 4.02. The Bertz CT molecular complexity index is 764. The second-order valence-electron chi connectivity index (χ2n) is 4.88. The Balaban J connectivity index is 2.26. The van der Waals surface area contributed by atoms with Crippen molar-refractivity contribution >= 4 is 28.4 Å². The molecular formula is C16H17N5O3S. The van der Waals surface area contributed by atoms with Crippen LogP contribution < -0.4 is 0 Å². The Morgan fingerprint density at radius 3 is 3.08 bits per heavy atom. The van der Waals surface area contributed by atoms with Gasteiger partial charge in [0.25, 0.3) is 5.91 Å². The number of amides is 1. The minimum absolute atomic E-state index is 0.0692. The molecular weight excluding hydrogens is 342 g/mol. The van der Waals surface area contributed by atoms with E-state index in [9.17, 15) is 9.70 Å². The molecule has 8 nitrogen and oxygen atoms in total. The standard InChI is InChI=1S/C16H17N5O3S/c1-3-9-21-10-5-4-6-13(15-18-12(2)24-20-15)7-8-17-16(21)25-11-14(22)19-23/h3-8H,1,9-11H2,2H3/b5-4+,8-7+,13-6+,17-16?. The number of nitrogens with zero attached hydrogens (tertiary/aromatic N) is 5. The molecule has 0 radical (unpaired) electrons. The monoisotopic (exact) mass is 359 g/mol. The number of thioether (sulfide) groups is 1. The highest BCUT2D eigenvalue weighted by atomic mass is 32.2. The number of aromatic nitrogens is 2. The number of carbonyl (C=O) groups excluding carboxylic acids is 1. The second kappa shape index (κ2) is 9.48. The molecule has 1 aromatic heterocycles. The van der Waals surface area contributed by atoms with E-state index in [2.05, 4.69) is 26.9 Å². The smallest absolute Gasteiger partial charge is 0.296 e. The van der Waals surface area contributed by atoms with Crippen LogP contribution >= 0.6 is 11.8 Å². The molecule has 1 aliphatic heterocycles. The van der Waals surface area contributed by atoms with E-state index in [-0.39, 0.29) is 5.75 Å². The molecule has 0 fully saturated rings. The van der Waals surface area contributed by atoms with Crippen LogP contribution in [0.3, 0.4) is 0 Å². The highest BCUT2D eigenvalue weighted by Crippen LogP contribution is 2.16. The summed E-state index contributed by atoms with van der Waals surface area (Å²) in [6, 6.07) is 0. The van der Waals surface area contributed by atoms with E-state index in [0.29, 0.717) is 30.0 Å². The quantitative estimate of drug-likeness (QED) is 0.588. The average molecular weight is 359 g/mol. The molecule has 0 N–H and O–H groups in total. The molecule has 1 aromatic rings. The first-order valence-electron chi connectivity index (χ1n) is 7.40. The number of aliphatic imine (C=N–C) groups is 1. The molecule has 0 saturated heterocycles. The van der Waals surface area contributed by atoms with Crippen LogP contribution in [-0.2, 0) is 4.79 Å². The van der Waals surface area contributed by atoms with Crippen LogP contribution in [0, 0.1) is 11.8 Å². The summed E-state index contributed by atoms with van der Waals surface area (Å²) in [5, 5.41) is 6.88. The van der Waals surface area contributed by atoms with Gasteiger partial charge in [0.1, 0.15) is 0 Å². The highest BCUT2D eigenvalue weighted by Gasteiger charge is 2.13. The highest BCUT2D eigenvalue weighted by molar-refractivity contribution is 8.14. The molecule has 2 rings (SSSR count). The van der Waals surface area contributed by atoms with E-state index >= 15 is 0 Å². The minimum Gasteiger partial charge on any atom is -0.344 e. The molecule has 1 aliphatic rings. The number of hydrogen-bond donors (Lipinski definition) is 0. The van der Waals surface area contributed by atoms with E-state index in [0.717, 1.165) is 17.3 Å². The molecule has 0 aliphatic carbocycles. The zero-order chi connectivity index (χ0) is 18.1. The first kappa shape index (κ1) is 18.5.